The minimum atomic E-state index is -2.97. The normalized spacial score (nSPS) is 19.8. The van der Waals surface area contributed by atoms with Gasteiger partial charge in [0.05, 0.1) is 11.5 Å². The van der Waals surface area contributed by atoms with E-state index < -0.39 is 9.84 Å². The Morgan fingerprint density at radius 3 is 2.73 bits per heavy atom. The Hall–Kier alpha value is -1.08. The summed E-state index contributed by atoms with van der Waals surface area (Å²) in [6.45, 7) is 2.97. The summed E-state index contributed by atoms with van der Waals surface area (Å²) in [5.41, 5.74) is 0.946. The average Bonchev–Trinajstić information content (AvgIpc) is 2.82. The van der Waals surface area contributed by atoms with E-state index in [0.717, 1.165) is 10.2 Å². The summed E-state index contributed by atoms with van der Waals surface area (Å²) < 4.78 is 24.1. The monoisotopic (exact) mass is 388 g/mol. The molecule has 0 aromatic heterocycles. The summed E-state index contributed by atoms with van der Waals surface area (Å²) in [7, 11) is -2.97. The smallest absolute Gasteiger partial charge is 0.224 e. The molecule has 0 saturated carbocycles. The van der Waals surface area contributed by atoms with Crippen LogP contribution in [-0.4, -0.2) is 49.9 Å². The van der Waals surface area contributed by atoms with Gasteiger partial charge in [0.2, 0.25) is 5.91 Å². The molecule has 5 nitrogen and oxygen atoms in total. The highest BCUT2D eigenvalue weighted by atomic mass is 79.9. The van der Waals surface area contributed by atoms with Crippen molar-refractivity contribution in [3.05, 3.63) is 28.7 Å². The molecule has 2 rings (SSSR count). The third-order valence-corrected chi connectivity index (χ3v) is 6.28. The van der Waals surface area contributed by atoms with Gasteiger partial charge in [0.25, 0.3) is 0 Å². The van der Waals surface area contributed by atoms with E-state index in [1.54, 1.807) is 4.90 Å². The fraction of sp³-hybridized carbons (Fsp3) is 0.533. The van der Waals surface area contributed by atoms with E-state index in [4.69, 9.17) is 0 Å². The number of rotatable bonds is 6. The maximum absolute atomic E-state index is 12.3. The molecule has 1 aromatic carbocycles. The molecule has 0 bridgehead atoms. The van der Waals surface area contributed by atoms with Crippen molar-refractivity contribution in [2.24, 2.45) is 0 Å². The van der Waals surface area contributed by atoms with Crippen LogP contribution in [0.1, 0.15) is 19.8 Å². The van der Waals surface area contributed by atoms with E-state index in [-0.39, 0.29) is 23.5 Å². The van der Waals surface area contributed by atoms with Crippen molar-refractivity contribution in [2.45, 2.75) is 25.8 Å². The lowest BCUT2D eigenvalue weighted by molar-refractivity contribution is -0.132. The number of benzene rings is 1. The summed E-state index contributed by atoms with van der Waals surface area (Å²) in [6.07, 6.45) is 0.908. The van der Waals surface area contributed by atoms with E-state index in [9.17, 15) is 13.2 Å². The SMILES string of the molecule is CCN(C(=O)CCNc1ccccc1Br)C1CCS(=O)(=O)C1. The molecular weight excluding hydrogens is 368 g/mol. The van der Waals surface area contributed by atoms with E-state index in [1.807, 2.05) is 31.2 Å². The zero-order valence-corrected chi connectivity index (χ0v) is 15.0. The molecule has 1 aliphatic heterocycles. The van der Waals surface area contributed by atoms with Gasteiger partial charge < -0.3 is 10.2 Å². The second-order valence-corrected chi connectivity index (χ2v) is 8.48. The topological polar surface area (TPSA) is 66.5 Å². The molecule has 1 heterocycles. The molecule has 1 fully saturated rings. The Kier molecular flexibility index (Phi) is 5.86. The number of para-hydroxylation sites is 1. The first kappa shape index (κ1) is 17.3. The molecule has 1 saturated heterocycles. The lowest BCUT2D eigenvalue weighted by Gasteiger charge is -2.27. The first-order valence-corrected chi connectivity index (χ1v) is 10.0. The number of hydrogen-bond acceptors (Lipinski definition) is 4. The Morgan fingerprint density at radius 1 is 1.41 bits per heavy atom. The predicted octanol–water partition coefficient (Wildman–Crippen LogP) is 2.29. The van der Waals surface area contributed by atoms with Gasteiger partial charge in [0.15, 0.2) is 9.84 Å². The van der Waals surface area contributed by atoms with Crippen LogP contribution in [0.2, 0.25) is 0 Å². The van der Waals surface area contributed by atoms with Gasteiger partial charge in [-0.25, -0.2) is 8.42 Å². The van der Waals surface area contributed by atoms with Gasteiger partial charge in [0, 0.05) is 35.7 Å². The van der Waals surface area contributed by atoms with Crippen molar-refractivity contribution in [1.82, 2.24) is 4.90 Å². The van der Waals surface area contributed by atoms with Crippen molar-refractivity contribution in [1.29, 1.82) is 0 Å². The zero-order valence-electron chi connectivity index (χ0n) is 12.6. The number of halogens is 1. The van der Waals surface area contributed by atoms with Crippen LogP contribution in [0.3, 0.4) is 0 Å². The van der Waals surface area contributed by atoms with Crippen molar-refractivity contribution in [2.75, 3.05) is 29.9 Å². The lowest BCUT2D eigenvalue weighted by Crippen LogP contribution is -2.41. The number of hydrogen-bond donors (Lipinski definition) is 1. The average molecular weight is 389 g/mol. The number of amides is 1. The van der Waals surface area contributed by atoms with Crippen LogP contribution in [0.25, 0.3) is 0 Å². The van der Waals surface area contributed by atoms with Crippen LogP contribution in [-0.2, 0) is 14.6 Å². The van der Waals surface area contributed by atoms with Gasteiger partial charge in [-0.2, -0.15) is 0 Å². The Labute approximate surface area is 140 Å². The van der Waals surface area contributed by atoms with Gasteiger partial charge >= 0.3 is 0 Å². The summed E-state index contributed by atoms with van der Waals surface area (Å²) in [4.78, 5) is 14.0. The molecule has 0 spiro atoms. The molecule has 1 N–H and O–H groups in total. The van der Waals surface area contributed by atoms with Crippen molar-refractivity contribution in [3.63, 3.8) is 0 Å². The fourth-order valence-electron chi connectivity index (χ4n) is 2.71. The Bertz CT molecular complexity index is 633. The highest BCUT2D eigenvalue weighted by molar-refractivity contribution is 9.10. The number of sulfone groups is 1. The Morgan fingerprint density at radius 2 is 2.14 bits per heavy atom. The molecule has 0 aliphatic carbocycles. The summed E-state index contributed by atoms with van der Waals surface area (Å²) in [6, 6.07) is 7.57. The number of anilines is 1. The molecule has 1 unspecified atom stereocenters. The number of carbonyl (C=O) groups is 1. The van der Waals surface area contributed by atoms with Crippen LogP contribution >= 0.6 is 15.9 Å². The maximum Gasteiger partial charge on any atom is 0.224 e. The van der Waals surface area contributed by atoms with Crippen LogP contribution in [0.5, 0.6) is 0 Å². The molecule has 1 aliphatic rings. The van der Waals surface area contributed by atoms with Crippen molar-refractivity contribution < 1.29 is 13.2 Å². The Balaban J connectivity index is 1.87. The third kappa shape index (κ3) is 4.46. The predicted molar refractivity (Wildman–Crippen MR) is 91.7 cm³/mol. The number of carbonyl (C=O) groups excluding carboxylic acids is 1. The number of nitrogens with zero attached hydrogens (tertiary/aromatic N) is 1. The van der Waals surface area contributed by atoms with Crippen LogP contribution in [0, 0.1) is 0 Å². The van der Waals surface area contributed by atoms with Crippen LogP contribution in [0.4, 0.5) is 5.69 Å². The summed E-state index contributed by atoms with van der Waals surface area (Å²) in [5.74, 6) is 0.296. The fourth-order valence-corrected chi connectivity index (χ4v) is 4.87. The van der Waals surface area contributed by atoms with Crippen molar-refractivity contribution >= 4 is 37.4 Å². The molecule has 1 amide bonds. The van der Waals surface area contributed by atoms with Gasteiger partial charge in [-0.3, -0.25) is 4.79 Å². The molecule has 122 valence electrons. The van der Waals surface area contributed by atoms with Gasteiger partial charge in [-0.05, 0) is 41.4 Å². The first-order valence-electron chi connectivity index (χ1n) is 7.41. The molecule has 7 heteroatoms. The molecule has 22 heavy (non-hydrogen) atoms. The van der Waals surface area contributed by atoms with E-state index in [1.165, 1.54) is 0 Å². The lowest BCUT2D eigenvalue weighted by atomic mass is 10.2. The number of nitrogens with one attached hydrogen (secondary N) is 1. The molecule has 1 atom stereocenters. The molecule has 0 radical (unpaired) electrons. The van der Waals surface area contributed by atoms with Gasteiger partial charge in [0.1, 0.15) is 0 Å². The zero-order chi connectivity index (χ0) is 16.2. The van der Waals surface area contributed by atoms with E-state index in [2.05, 4.69) is 21.2 Å². The minimum Gasteiger partial charge on any atom is -0.384 e. The largest absolute Gasteiger partial charge is 0.384 e. The summed E-state index contributed by atoms with van der Waals surface area (Å²) in [5, 5.41) is 3.22. The van der Waals surface area contributed by atoms with Gasteiger partial charge in [-0.1, -0.05) is 12.1 Å². The molecular formula is C15H21BrN2O3S. The van der Waals surface area contributed by atoms with Crippen LogP contribution < -0.4 is 5.32 Å². The third-order valence-electron chi connectivity index (χ3n) is 3.84. The maximum atomic E-state index is 12.3. The minimum absolute atomic E-state index is 0.00385. The second kappa shape index (κ2) is 7.46. The standard InChI is InChI=1S/C15H21BrN2O3S/c1-2-18(12-8-10-22(20,21)11-12)15(19)7-9-17-14-6-4-3-5-13(14)16/h3-6,12,17H,2,7-11H2,1H3. The van der Waals surface area contributed by atoms with E-state index in [0.29, 0.717) is 25.9 Å². The summed E-state index contributed by atoms with van der Waals surface area (Å²) >= 11 is 3.45. The second-order valence-electron chi connectivity index (χ2n) is 5.39. The highest BCUT2D eigenvalue weighted by Gasteiger charge is 2.33. The quantitative estimate of drug-likeness (QED) is 0.811. The first-order chi connectivity index (χ1) is 10.4. The van der Waals surface area contributed by atoms with Gasteiger partial charge in [-0.15, -0.1) is 0 Å². The highest BCUT2D eigenvalue weighted by Crippen LogP contribution is 2.21. The molecule has 1 aromatic rings. The van der Waals surface area contributed by atoms with E-state index >= 15 is 0 Å². The van der Waals surface area contributed by atoms with Crippen LogP contribution in [0.15, 0.2) is 28.7 Å². The van der Waals surface area contributed by atoms with Crippen molar-refractivity contribution in [3.8, 4) is 0 Å².